The summed E-state index contributed by atoms with van der Waals surface area (Å²) in [6, 6.07) is 7.50. The molecule has 0 fully saturated rings. The molecule has 0 aliphatic rings. The SMILES string of the molecule is C[C@@H](Cc1cnccn1)NC(=O)c1ccc(CCC(C)(C)O)cc1. The summed E-state index contributed by atoms with van der Waals surface area (Å²) in [6.45, 7) is 5.55. The number of nitrogens with one attached hydrogen (secondary N) is 1. The lowest BCUT2D eigenvalue weighted by molar-refractivity contribution is 0.0713. The van der Waals surface area contributed by atoms with E-state index in [9.17, 15) is 9.90 Å². The molecule has 1 amide bonds. The van der Waals surface area contributed by atoms with Gasteiger partial charge in [-0.05, 0) is 51.3 Å². The van der Waals surface area contributed by atoms with Crippen molar-refractivity contribution in [3.63, 3.8) is 0 Å². The fraction of sp³-hybridized carbons (Fsp3) is 0.421. The molecule has 5 nitrogen and oxygen atoms in total. The van der Waals surface area contributed by atoms with E-state index in [1.165, 1.54) is 0 Å². The zero-order chi connectivity index (χ0) is 17.6. The molecule has 0 unspecified atom stereocenters. The molecule has 1 aromatic heterocycles. The van der Waals surface area contributed by atoms with Crippen LogP contribution >= 0.6 is 0 Å². The number of benzene rings is 1. The topological polar surface area (TPSA) is 75.1 Å². The molecule has 1 heterocycles. The summed E-state index contributed by atoms with van der Waals surface area (Å²) in [7, 11) is 0. The van der Waals surface area contributed by atoms with Crippen LogP contribution in [0.2, 0.25) is 0 Å². The predicted molar refractivity (Wildman–Crippen MR) is 93.7 cm³/mol. The summed E-state index contributed by atoms with van der Waals surface area (Å²) < 4.78 is 0. The Morgan fingerprint density at radius 2 is 1.96 bits per heavy atom. The van der Waals surface area contributed by atoms with E-state index in [0.29, 0.717) is 18.4 Å². The number of carbonyl (C=O) groups is 1. The lowest BCUT2D eigenvalue weighted by atomic mass is 9.98. The number of carbonyl (C=O) groups excluding carboxylic acids is 1. The van der Waals surface area contributed by atoms with Gasteiger partial charge in [0, 0.05) is 36.6 Å². The Bertz CT molecular complexity index is 649. The Labute approximate surface area is 143 Å². The zero-order valence-electron chi connectivity index (χ0n) is 14.5. The Hall–Kier alpha value is -2.27. The summed E-state index contributed by atoms with van der Waals surface area (Å²) in [5.74, 6) is -0.0968. The number of aromatic nitrogens is 2. The Balaban J connectivity index is 1.88. The van der Waals surface area contributed by atoms with Crippen molar-refractivity contribution in [3.8, 4) is 0 Å². The van der Waals surface area contributed by atoms with Crippen molar-refractivity contribution in [1.29, 1.82) is 0 Å². The van der Waals surface area contributed by atoms with E-state index >= 15 is 0 Å². The molecule has 0 aliphatic heterocycles. The van der Waals surface area contributed by atoms with Crippen LogP contribution in [0.3, 0.4) is 0 Å². The highest BCUT2D eigenvalue weighted by molar-refractivity contribution is 5.94. The van der Waals surface area contributed by atoms with Crippen molar-refractivity contribution in [2.75, 3.05) is 0 Å². The normalized spacial score (nSPS) is 12.7. The molecule has 24 heavy (non-hydrogen) atoms. The lowest BCUT2D eigenvalue weighted by Gasteiger charge is -2.17. The van der Waals surface area contributed by atoms with Crippen LogP contribution in [-0.2, 0) is 12.8 Å². The smallest absolute Gasteiger partial charge is 0.251 e. The molecule has 2 N–H and O–H groups in total. The maximum atomic E-state index is 12.3. The zero-order valence-corrected chi connectivity index (χ0v) is 14.5. The molecule has 128 valence electrons. The molecule has 0 saturated heterocycles. The van der Waals surface area contributed by atoms with Crippen molar-refractivity contribution < 1.29 is 9.90 Å². The van der Waals surface area contributed by atoms with Crippen LogP contribution in [0.5, 0.6) is 0 Å². The third-order valence-electron chi connectivity index (χ3n) is 3.75. The van der Waals surface area contributed by atoms with Crippen LogP contribution in [0.4, 0.5) is 0 Å². The summed E-state index contributed by atoms with van der Waals surface area (Å²) in [6.07, 6.45) is 7.11. The van der Waals surface area contributed by atoms with Gasteiger partial charge in [-0.1, -0.05) is 12.1 Å². The van der Waals surface area contributed by atoms with Crippen LogP contribution in [0.1, 0.15) is 48.8 Å². The highest BCUT2D eigenvalue weighted by Crippen LogP contribution is 2.14. The van der Waals surface area contributed by atoms with E-state index in [2.05, 4.69) is 15.3 Å². The standard InChI is InChI=1S/C19H25N3O2/c1-14(12-17-13-20-10-11-21-17)22-18(23)16-6-4-15(5-7-16)8-9-19(2,3)24/h4-7,10-11,13-14,24H,8-9,12H2,1-3H3,(H,22,23)/t14-/m0/s1. The molecule has 0 bridgehead atoms. The molecule has 0 spiro atoms. The number of hydrogen-bond acceptors (Lipinski definition) is 4. The molecular formula is C19H25N3O2. The van der Waals surface area contributed by atoms with Crippen LogP contribution < -0.4 is 5.32 Å². The van der Waals surface area contributed by atoms with Crippen LogP contribution in [0.25, 0.3) is 0 Å². The van der Waals surface area contributed by atoms with Gasteiger partial charge in [-0.3, -0.25) is 14.8 Å². The highest BCUT2D eigenvalue weighted by Gasteiger charge is 2.13. The minimum Gasteiger partial charge on any atom is -0.390 e. The van der Waals surface area contributed by atoms with E-state index in [1.807, 2.05) is 31.2 Å². The molecule has 2 rings (SSSR count). The van der Waals surface area contributed by atoms with Crippen LogP contribution in [-0.4, -0.2) is 32.6 Å². The molecular weight excluding hydrogens is 302 g/mol. The minimum absolute atomic E-state index is 0.0240. The maximum Gasteiger partial charge on any atom is 0.251 e. The van der Waals surface area contributed by atoms with E-state index in [4.69, 9.17) is 0 Å². The van der Waals surface area contributed by atoms with Crippen molar-refractivity contribution in [1.82, 2.24) is 15.3 Å². The first-order valence-corrected chi connectivity index (χ1v) is 8.20. The van der Waals surface area contributed by atoms with Gasteiger partial charge in [0.2, 0.25) is 0 Å². The first-order chi connectivity index (χ1) is 11.3. The molecule has 1 atom stereocenters. The third kappa shape index (κ3) is 6.08. The Kier molecular flexibility index (Phi) is 6.04. The second kappa shape index (κ2) is 8.02. The molecule has 0 aliphatic carbocycles. The van der Waals surface area contributed by atoms with Crippen LogP contribution in [0.15, 0.2) is 42.9 Å². The van der Waals surface area contributed by atoms with E-state index in [0.717, 1.165) is 17.7 Å². The molecule has 2 aromatic rings. The minimum atomic E-state index is -0.675. The molecule has 5 heteroatoms. The van der Waals surface area contributed by atoms with E-state index in [1.54, 1.807) is 32.4 Å². The summed E-state index contributed by atoms with van der Waals surface area (Å²) in [5.41, 5.74) is 1.92. The average molecular weight is 327 g/mol. The second-order valence-corrected chi connectivity index (χ2v) is 6.78. The van der Waals surface area contributed by atoms with Gasteiger partial charge < -0.3 is 10.4 Å². The van der Waals surface area contributed by atoms with Gasteiger partial charge in [0.05, 0.1) is 11.3 Å². The number of hydrogen-bond donors (Lipinski definition) is 2. The van der Waals surface area contributed by atoms with Crippen molar-refractivity contribution in [3.05, 3.63) is 59.7 Å². The van der Waals surface area contributed by atoms with Gasteiger partial charge in [-0.2, -0.15) is 0 Å². The third-order valence-corrected chi connectivity index (χ3v) is 3.75. The fourth-order valence-corrected chi connectivity index (χ4v) is 2.38. The van der Waals surface area contributed by atoms with Gasteiger partial charge >= 0.3 is 0 Å². The van der Waals surface area contributed by atoms with Crippen molar-refractivity contribution >= 4 is 5.91 Å². The molecule has 0 radical (unpaired) electrons. The van der Waals surface area contributed by atoms with Crippen LogP contribution in [0, 0.1) is 0 Å². The average Bonchev–Trinajstić information content (AvgIpc) is 2.53. The Morgan fingerprint density at radius 1 is 1.25 bits per heavy atom. The van der Waals surface area contributed by atoms with Crippen molar-refractivity contribution in [2.24, 2.45) is 0 Å². The molecule has 0 saturated carbocycles. The first kappa shape index (κ1) is 18.1. The largest absolute Gasteiger partial charge is 0.390 e. The lowest BCUT2D eigenvalue weighted by Crippen LogP contribution is -2.34. The number of aryl methyl sites for hydroxylation is 1. The maximum absolute atomic E-state index is 12.3. The number of amides is 1. The first-order valence-electron chi connectivity index (χ1n) is 8.20. The predicted octanol–water partition coefficient (Wildman–Crippen LogP) is 2.54. The number of nitrogens with zero attached hydrogens (tertiary/aromatic N) is 2. The van der Waals surface area contributed by atoms with Gasteiger partial charge in [-0.25, -0.2) is 0 Å². The number of aliphatic hydroxyl groups is 1. The van der Waals surface area contributed by atoms with E-state index < -0.39 is 5.60 Å². The molecule has 1 aromatic carbocycles. The quantitative estimate of drug-likeness (QED) is 0.819. The highest BCUT2D eigenvalue weighted by atomic mass is 16.3. The Morgan fingerprint density at radius 3 is 2.54 bits per heavy atom. The van der Waals surface area contributed by atoms with Gasteiger partial charge in [0.25, 0.3) is 5.91 Å². The summed E-state index contributed by atoms with van der Waals surface area (Å²) in [4.78, 5) is 20.5. The van der Waals surface area contributed by atoms with Gasteiger partial charge in [0.15, 0.2) is 0 Å². The van der Waals surface area contributed by atoms with Crippen molar-refractivity contribution in [2.45, 2.75) is 51.7 Å². The fourth-order valence-electron chi connectivity index (χ4n) is 2.38. The van der Waals surface area contributed by atoms with Gasteiger partial charge in [0.1, 0.15) is 0 Å². The number of rotatable bonds is 7. The summed E-state index contributed by atoms with van der Waals surface area (Å²) >= 11 is 0. The monoisotopic (exact) mass is 327 g/mol. The summed E-state index contributed by atoms with van der Waals surface area (Å²) in [5, 5.41) is 12.7. The second-order valence-electron chi connectivity index (χ2n) is 6.78. The van der Waals surface area contributed by atoms with E-state index in [-0.39, 0.29) is 11.9 Å². The van der Waals surface area contributed by atoms with Gasteiger partial charge in [-0.15, -0.1) is 0 Å².